The van der Waals surface area contributed by atoms with Crippen LogP contribution in [0.5, 0.6) is 0 Å². The van der Waals surface area contributed by atoms with Crippen LogP contribution in [0.4, 0.5) is 14.5 Å². The van der Waals surface area contributed by atoms with Crippen molar-refractivity contribution in [2.75, 3.05) is 5.32 Å². The fourth-order valence-electron chi connectivity index (χ4n) is 1.43. The van der Waals surface area contributed by atoms with E-state index in [9.17, 15) is 18.4 Å². The first-order chi connectivity index (χ1) is 8.90. The Hall–Kier alpha value is -1.50. The molecule has 0 bridgehead atoms. The molecular weight excluding hydrogens is 324 g/mol. The van der Waals surface area contributed by atoms with Crippen molar-refractivity contribution in [3.8, 4) is 0 Å². The predicted molar refractivity (Wildman–Crippen MR) is 68.8 cm³/mol. The number of carbonyl (C=O) groups excluding carboxylic acids is 1. The fourth-order valence-corrected chi connectivity index (χ4v) is 1.93. The largest absolute Gasteiger partial charge is 0.481 e. The number of carbonyl (C=O) groups is 2. The second-order valence-electron chi connectivity index (χ2n) is 3.89. The van der Waals surface area contributed by atoms with Gasteiger partial charge in [0, 0.05) is 23.4 Å². The van der Waals surface area contributed by atoms with E-state index in [0.717, 1.165) is 6.07 Å². The molecule has 19 heavy (non-hydrogen) atoms. The van der Waals surface area contributed by atoms with Crippen molar-refractivity contribution in [2.24, 2.45) is 0 Å². The molecule has 1 aromatic rings. The van der Waals surface area contributed by atoms with Gasteiger partial charge in [0.2, 0.25) is 5.91 Å². The number of nitrogens with one attached hydrogen (secondary N) is 1. The minimum absolute atomic E-state index is 0.0120. The lowest BCUT2D eigenvalue weighted by molar-refractivity contribution is -0.137. The molecule has 1 rings (SSSR count). The van der Waals surface area contributed by atoms with Gasteiger partial charge in [-0.3, -0.25) is 9.59 Å². The molecule has 7 heteroatoms. The van der Waals surface area contributed by atoms with Crippen LogP contribution in [0.2, 0.25) is 0 Å². The van der Waals surface area contributed by atoms with Crippen LogP contribution in [0.1, 0.15) is 25.7 Å². The van der Waals surface area contributed by atoms with E-state index >= 15 is 0 Å². The van der Waals surface area contributed by atoms with E-state index in [1.165, 1.54) is 0 Å². The highest BCUT2D eigenvalue weighted by Crippen LogP contribution is 2.27. The lowest BCUT2D eigenvalue weighted by Crippen LogP contribution is -2.13. The second-order valence-corrected chi connectivity index (χ2v) is 4.75. The van der Waals surface area contributed by atoms with Gasteiger partial charge in [-0.25, -0.2) is 8.78 Å². The third kappa shape index (κ3) is 5.34. The van der Waals surface area contributed by atoms with Crippen LogP contribution in [0.15, 0.2) is 16.6 Å². The molecule has 0 aromatic heterocycles. The number of hydrogen-bond acceptors (Lipinski definition) is 2. The minimum atomic E-state index is -0.923. The number of unbranched alkanes of at least 4 members (excludes halogenated alkanes) is 1. The van der Waals surface area contributed by atoms with Crippen LogP contribution in [0.3, 0.4) is 0 Å². The van der Waals surface area contributed by atoms with Crippen LogP contribution in [-0.2, 0) is 9.59 Å². The number of amides is 1. The highest BCUT2D eigenvalue weighted by atomic mass is 79.9. The van der Waals surface area contributed by atoms with Crippen LogP contribution >= 0.6 is 15.9 Å². The summed E-state index contributed by atoms with van der Waals surface area (Å²) in [7, 11) is 0. The van der Waals surface area contributed by atoms with Crippen molar-refractivity contribution in [1.82, 2.24) is 0 Å². The van der Waals surface area contributed by atoms with E-state index in [1.807, 2.05) is 0 Å². The number of carboxylic acids is 1. The minimum Gasteiger partial charge on any atom is -0.481 e. The number of halogens is 3. The second kappa shape index (κ2) is 7.18. The van der Waals surface area contributed by atoms with Gasteiger partial charge in [-0.1, -0.05) is 0 Å². The molecule has 0 heterocycles. The summed E-state index contributed by atoms with van der Waals surface area (Å²) in [5.74, 6) is -2.99. The standard InChI is InChI=1S/C12H12BrF2NO3/c13-8-5-7(14)6-9(15)12(8)16-10(17)3-1-2-4-11(18)19/h5-6H,1-4H2,(H,16,17)(H,18,19). The average molecular weight is 336 g/mol. The predicted octanol–water partition coefficient (Wildman–Crippen LogP) is 3.31. The highest BCUT2D eigenvalue weighted by molar-refractivity contribution is 9.10. The fraction of sp³-hybridized carbons (Fsp3) is 0.333. The third-order valence-corrected chi connectivity index (χ3v) is 2.94. The highest BCUT2D eigenvalue weighted by Gasteiger charge is 2.12. The van der Waals surface area contributed by atoms with Gasteiger partial charge in [0.25, 0.3) is 0 Å². The molecule has 0 fully saturated rings. The summed E-state index contributed by atoms with van der Waals surface area (Å²) in [5.41, 5.74) is -0.121. The lowest BCUT2D eigenvalue weighted by Gasteiger charge is -2.08. The topological polar surface area (TPSA) is 66.4 Å². The Morgan fingerprint density at radius 1 is 1.21 bits per heavy atom. The zero-order valence-corrected chi connectivity index (χ0v) is 11.5. The molecule has 0 saturated carbocycles. The first-order valence-electron chi connectivity index (χ1n) is 5.56. The van der Waals surface area contributed by atoms with Crippen molar-refractivity contribution >= 4 is 33.5 Å². The molecule has 1 amide bonds. The number of aliphatic carboxylic acids is 1. The Kier molecular flexibility index (Phi) is 5.88. The Bertz CT molecular complexity index is 471. The SMILES string of the molecule is O=C(O)CCCCC(=O)Nc1c(F)cc(F)cc1Br. The molecule has 0 radical (unpaired) electrons. The number of rotatable bonds is 6. The van der Waals surface area contributed by atoms with Gasteiger partial charge in [0.1, 0.15) is 5.82 Å². The quantitative estimate of drug-likeness (QED) is 0.784. The van der Waals surface area contributed by atoms with Crippen molar-refractivity contribution in [2.45, 2.75) is 25.7 Å². The van der Waals surface area contributed by atoms with Crippen LogP contribution in [0, 0.1) is 11.6 Å². The van der Waals surface area contributed by atoms with Gasteiger partial charge in [-0.15, -0.1) is 0 Å². The first kappa shape index (κ1) is 15.6. The van der Waals surface area contributed by atoms with Crippen LogP contribution in [0.25, 0.3) is 0 Å². The van der Waals surface area contributed by atoms with Gasteiger partial charge in [-0.05, 0) is 34.8 Å². The molecule has 0 aliphatic rings. The van der Waals surface area contributed by atoms with Gasteiger partial charge in [-0.2, -0.15) is 0 Å². The number of anilines is 1. The van der Waals surface area contributed by atoms with E-state index in [4.69, 9.17) is 5.11 Å². The summed E-state index contributed by atoms with van der Waals surface area (Å²) in [6, 6.07) is 1.72. The van der Waals surface area contributed by atoms with Gasteiger partial charge in [0.15, 0.2) is 5.82 Å². The van der Waals surface area contributed by atoms with E-state index in [0.29, 0.717) is 18.9 Å². The number of hydrogen-bond donors (Lipinski definition) is 2. The summed E-state index contributed by atoms with van der Waals surface area (Å²) in [5, 5.41) is 10.7. The molecule has 0 saturated heterocycles. The number of benzene rings is 1. The van der Waals surface area contributed by atoms with E-state index in [-0.39, 0.29) is 23.0 Å². The molecular formula is C12H12BrF2NO3. The molecule has 0 unspecified atom stereocenters. The Morgan fingerprint density at radius 3 is 2.42 bits per heavy atom. The molecule has 0 aliphatic heterocycles. The molecule has 0 atom stereocenters. The maximum Gasteiger partial charge on any atom is 0.303 e. The van der Waals surface area contributed by atoms with Crippen molar-refractivity contribution in [3.63, 3.8) is 0 Å². The van der Waals surface area contributed by atoms with Crippen molar-refractivity contribution < 1.29 is 23.5 Å². The molecule has 0 aliphatic carbocycles. The molecule has 1 aromatic carbocycles. The smallest absolute Gasteiger partial charge is 0.303 e. The first-order valence-corrected chi connectivity index (χ1v) is 6.35. The lowest BCUT2D eigenvalue weighted by atomic mass is 10.2. The third-order valence-electron chi connectivity index (χ3n) is 2.32. The molecule has 2 N–H and O–H groups in total. The Labute approximate surface area is 116 Å². The summed E-state index contributed by atoms with van der Waals surface area (Å²) in [6.45, 7) is 0. The van der Waals surface area contributed by atoms with Crippen molar-refractivity contribution in [1.29, 1.82) is 0 Å². The van der Waals surface area contributed by atoms with Crippen LogP contribution in [-0.4, -0.2) is 17.0 Å². The van der Waals surface area contributed by atoms with Crippen LogP contribution < -0.4 is 5.32 Å². The Balaban J connectivity index is 2.51. The molecule has 4 nitrogen and oxygen atoms in total. The Morgan fingerprint density at radius 2 is 1.84 bits per heavy atom. The van der Waals surface area contributed by atoms with E-state index < -0.39 is 23.5 Å². The summed E-state index contributed by atoms with van der Waals surface area (Å²) < 4.78 is 26.3. The maximum absolute atomic E-state index is 13.4. The molecule has 0 spiro atoms. The summed E-state index contributed by atoms with van der Waals surface area (Å²) in [6.07, 6.45) is 0.826. The van der Waals surface area contributed by atoms with E-state index in [2.05, 4.69) is 21.2 Å². The summed E-state index contributed by atoms with van der Waals surface area (Å²) >= 11 is 2.95. The van der Waals surface area contributed by atoms with E-state index in [1.54, 1.807) is 0 Å². The zero-order valence-electron chi connectivity index (χ0n) is 9.88. The maximum atomic E-state index is 13.4. The zero-order chi connectivity index (χ0) is 14.4. The number of carboxylic acid groups (broad SMARTS) is 1. The average Bonchev–Trinajstić information content (AvgIpc) is 2.29. The van der Waals surface area contributed by atoms with Gasteiger partial charge in [0.05, 0.1) is 5.69 Å². The van der Waals surface area contributed by atoms with Gasteiger partial charge < -0.3 is 10.4 Å². The monoisotopic (exact) mass is 335 g/mol. The van der Waals surface area contributed by atoms with Crippen molar-refractivity contribution in [3.05, 3.63) is 28.2 Å². The molecule has 104 valence electrons. The summed E-state index contributed by atoms with van der Waals surface area (Å²) in [4.78, 5) is 21.8. The van der Waals surface area contributed by atoms with Gasteiger partial charge >= 0.3 is 5.97 Å². The normalized spacial score (nSPS) is 10.3.